The standard InChI is InChI=1S/C24H36N4O5/c1-7-8-12-26-21(30)20(18-10-9-16(2)17(3)14-18)28(13-11-25)22(31)19(15-29)27-23(32)33-24(4,5)6/h9-10,14,19-20,29H,7-8,12-13,15H2,1-6H3,(H,26,30)(H,27,32). The predicted octanol–water partition coefficient (Wildman–Crippen LogP) is 2.50. The molecule has 0 saturated heterocycles. The molecule has 0 heterocycles. The summed E-state index contributed by atoms with van der Waals surface area (Å²) in [7, 11) is 0. The van der Waals surface area contributed by atoms with Crippen molar-refractivity contribution in [2.45, 2.75) is 72.1 Å². The maximum atomic E-state index is 13.3. The van der Waals surface area contributed by atoms with E-state index in [0.717, 1.165) is 28.9 Å². The summed E-state index contributed by atoms with van der Waals surface area (Å²) < 4.78 is 5.17. The van der Waals surface area contributed by atoms with Crippen LogP contribution in [0.5, 0.6) is 0 Å². The number of benzene rings is 1. The highest BCUT2D eigenvalue weighted by molar-refractivity contribution is 5.92. The topological polar surface area (TPSA) is 132 Å². The van der Waals surface area contributed by atoms with Crippen LogP contribution in [-0.2, 0) is 14.3 Å². The molecular formula is C24H36N4O5. The van der Waals surface area contributed by atoms with E-state index >= 15 is 0 Å². The normalized spacial score (nSPS) is 12.8. The SMILES string of the molecule is CCCCNC(=O)C(c1ccc(C)c(C)c1)N(CC#N)C(=O)C(CO)NC(=O)OC(C)(C)C. The number of ether oxygens (including phenoxy) is 1. The van der Waals surface area contributed by atoms with E-state index < -0.39 is 48.7 Å². The Morgan fingerprint density at radius 1 is 1.21 bits per heavy atom. The van der Waals surface area contributed by atoms with Crippen molar-refractivity contribution < 1.29 is 24.2 Å². The number of amides is 3. The summed E-state index contributed by atoms with van der Waals surface area (Å²) in [5, 5.41) is 24.4. The quantitative estimate of drug-likeness (QED) is 0.363. The number of nitrogens with one attached hydrogen (secondary N) is 2. The Morgan fingerprint density at radius 2 is 1.88 bits per heavy atom. The molecule has 0 bridgehead atoms. The van der Waals surface area contributed by atoms with E-state index in [1.54, 1.807) is 32.9 Å². The van der Waals surface area contributed by atoms with Gasteiger partial charge in [0.05, 0.1) is 12.7 Å². The van der Waals surface area contributed by atoms with Crippen LogP contribution < -0.4 is 10.6 Å². The monoisotopic (exact) mass is 460 g/mol. The molecule has 3 N–H and O–H groups in total. The van der Waals surface area contributed by atoms with Crippen molar-refractivity contribution >= 4 is 17.9 Å². The van der Waals surface area contributed by atoms with Crippen LogP contribution in [0.3, 0.4) is 0 Å². The number of unbranched alkanes of at least 4 members (excludes halogenated alkanes) is 1. The van der Waals surface area contributed by atoms with Crippen molar-refractivity contribution in [3.05, 3.63) is 34.9 Å². The second-order valence-electron chi connectivity index (χ2n) is 8.90. The van der Waals surface area contributed by atoms with Gasteiger partial charge in [0.1, 0.15) is 24.2 Å². The van der Waals surface area contributed by atoms with Crippen LogP contribution in [0.4, 0.5) is 4.79 Å². The number of aryl methyl sites for hydroxylation is 2. The molecule has 0 aliphatic rings. The molecule has 1 rings (SSSR count). The van der Waals surface area contributed by atoms with E-state index in [0.29, 0.717) is 12.1 Å². The number of nitrogens with zero attached hydrogens (tertiary/aromatic N) is 2. The number of aliphatic hydroxyl groups is 1. The first kappa shape index (κ1) is 27.9. The van der Waals surface area contributed by atoms with Crippen molar-refractivity contribution in [3.63, 3.8) is 0 Å². The summed E-state index contributed by atoms with van der Waals surface area (Å²) in [6.45, 7) is 10.1. The number of rotatable bonds is 10. The van der Waals surface area contributed by atoms with Crippen LogP contribution in [-0.4, -0.2) is 59.3 Å². The molecule has 9 heteroatoms. The third-order valence-corrected chi connectivity index (χ3v) is 4.93. The van der Waals surface area contributed by atoms with E-state index in [4.69, 9.17) is 4.74 Å². The van der Waals surface area contributed by atoms with Gasteiger partial charge in [0.25, 0.3) is 0 Å². The Bertz CT molecular complexity index is 873. The number of aliphatic hydroxyl groups excluding tert-OH is 1. The molecule has 1 aromatic carbocycles. The van der Waals surface area contributed by atoms with Crippen LogP contribution in [0.1, 0.15) is 63.3 Å². The highest BCUT2D eigenvalue weighted by Crippen LogP contribution is 2.24. The molecule has 0 saturated carbocycles. The summed E-state index contributed by atoms with van der Waals surface area (Å²) in [6, 6.07) is 4.80. The molecule has 0 spiro atoms. The lowest BCUT2D eigenvalue weighted by Gasteiger charge is -2.32. The summed E-state index contributed by atoms with van der Waals surface area (Å²) in [5.41, 5.74) is 1.67. The summed E-state index contributed by atoms with van der Waals surface area (Å²) in [6.07, 6.45) is 0.751. The fraction of sp³-hybridized carbons (Fsp3) is 0.583. The van der Waals surface area contributed by atoms with Gasteiger partial charge in [0.15, 0.2) is 0 Å². The van der Waals surface area contributed by atoms with Crippen LogP contribution in [0.25, 0.3) is 0 Å². The zero-order valence-electron chi connectivity index (χ0n) is 20.4. The Balaban J connectivity index is 3.33. The largest absolute Gasteiger partial charge is 0.444 e. The van der Waals surface area contributed by atoms with Gasteiger partial charge < -0.3 is 25.4 Å². The number of hydrogen-bond acceptors (Lipinski definition) is 6. The van der Waals surface area contributed by atoms with E-state index in [2.05, 4.69) is 10.6 Å². The lowest BCUT2D eigenvalue weighted by atomic mass is 9.98. The Hall–Kier alpha value is -3.12. The first-order valence-corrected chi connectivity index (χ1v) is 11.1. The molecule has 9 nitrogen and oxygen atoms in total. The number of nitriles is 1. The molecule has 2 atom stereocenters. The molecule has 0 aliphatic heterocycles. The maximum Gasteiger partial charge on any atom is 0.408 e. The molecule has 33 heavy (non-hydrogen) atoms. The van der Waals surface area contributed by atoms with Gasteiger partial charge in [0, 0.05) is 6.54 Å². The summed E-state index contributed by atoms with van der Waals surface area (Å²) in [5.74, 6) is -1.21. The van der Waals surface area contributed by atoms with Gasteiger partial charge in [-0.15, -0.1) is 0 Å². The number of alkyl carbamates (subject to hydrolysis) is 1. The first-order chi connectivity index (χ1) is 15.4. The molecule has 0 radical (unpaired) electrons. The molecule has 182 valence electrons. The second kappa shape index (κ2) is 12.8. The minimum atomic E-state index is -1.38. The third kappa shape index (κ3) is 8.73. The minimum Gasteiger partial charge on any atom is -0.444 e. The van der Waals surface area contributed by atoms with E-state index in [1.165, 1.54) is 0 Å². The first-order valence-electron chi connectivity index (χ1n) is 11.1. The van der Waals surface area contributed by atoms with Crippen molar-refractivity contribution in [2.75, 3.05) is 19.7 Å². The average molecular weight is 461 g/mol. The lowest BCUT2D eigenvalue weighted by molar-refractivity contribution is -0.142. The molecule has 2 unspecified atom stereocenters. The Morgan fingerprint density at radius 3 is 2.39 bits per heavy atom. The van der Waals surface area contributed by atoms with Gasteiger partial charge in [-0.25, -0.2) is 4.79 Å². The molecule has 3 amide bonds. The summed E-state index contributed by atoms with van der Waals surface area (Å²) >= 11 is 0. The highest BCUT2D eigenvalue weighted by Gasteiger charge is 2.36. The van der Waals surface area contributed by atoms with E-state index in [-0.39, 0.29) is 0 Å². The number of carbonyl (C=O) groups excluding carboxylic acids is 3. The zero-order valence-corrected chi connectivity index (χ0v) is 20.4. The van der Waals surface area contributed by atoms with Gasteiger partial charge in [0.2, 0.25) is 11.8 Å². The summed E-state index contributed by atoms with van der Waals surface area (Å²) in [4.78, 5) is 39.8. The van der Waals surface area contributed by atoms with Crippen LogP contribution in [0.2, 0.25) is 0 Å². The Labute approximate surface area is 196 Å². The van der Waals surface area contributed by atoms with E-state index in [9.17, 15) is 24.8 Å². The Kier molecular flexibility index (Phi) is 10.8. The molecule has 0 fully saturated rings. The molecule has 0 aliphatic carbocycles. The van der Waals surface area contributed by atoms with Gasteiger partial charge in [-0.1, -0.05) is 31.5 Å². The van der Waals surface area contributed by atoms with Crippen molar-refractivity contribution in [1.29, 1.82) is 5.26 Å². The molecule has 1 aromatic rings. The van der Waals surface area contributed by atoms with Gasteiger partial charge >= 0.3 is 6.09 Å². The average Bonchev–Trinajstić information content (AvgIpc) is 2.72. The van der Waals surface area contributed by atoms with Crippen molar-refractivity contribution in [3.8, 4) is 6.07 Å². The highest BCUT2D eigenvalue weighted by atomic mass is 16.6. The molecule has 0 aromatic heterocycles. The predicted molar refractivity (Wildman–Crippen MR) is 124 cm³/mol. The third-order valence-electron chi connectivity index (χ3n) is 4.93. The molecular weight excluding hydrogens is 424 g/mol. The zero-order chi connectivity index (χ0) is 25.2. The van der Waals surface area contributed by atoms with Crippen LogP contribution >= 0.6 is 0 Å². The van der Waals surface area contributed by atoms with Crippen molar-refractivity contribution in [2.24, 2.45) is 0 Å². The van der Waals surface area contributed by atoms with Gasteiger partial charge in [-0.05, 0) is 57.7 Å². The van der Waals surface area contributed by atoms with E-state index in [1.807, 2.05) is 32.9 Å². The van der Waals surface area contributed by atoms with Crippen LogP contribution in [0.15, 0.2) is 18.2 Å². The minimum absolute atomic E-state index is 0.413. The fourth-order valence-electron chi connectivity index (χ4n) is 3.10. The number of carbonyl (C=O) groups is 3. The fourth-order valence-corrected chi connectivity index (χ4v) is 3.10. The van der Waals surface area contributed by atoms with Crippen molar-refractivity contribution in [1.82, 2.24) is 15.5 Å². The lowest BCUT2D eigenvalue weighted by Crippen LogP contribution is -2.54. The van der Waals surface area contributed by atoms with Gasteiger partial charge in [-0.2, -0.15) is 5.26 Å². The maximum absolute atomic E-state index is 13.3. The van der Waals surface area contributed by atoms with Crippen LogP contribution in [0, 0.1) is 25.2 Å². The second-order valence-corrected chi connectivity index (χ2v) is 8.90. The van der Waals surface area contributed by atoms with Gasteiger partial charge in [-0.3, -0.25) is 9.59 Å². The smallest absolute Gasteiger partial charge is 0.408 e. The number of hydrogen-bond donors (Lipinski definition) is 3.